The molecule has 6 nitrogen and oxygen atoms in total. The number of anilines is 1. The summed E-state index contributed by atoms with van der Waals surface area (Å²) >= 11 is 5.94. The molecule has 104 valence electrons. The fourth-order valence-electron chi connectivity index (χ4n) is 1.40. The van der Waals surface area contributed by atoms with Gasteiger partial charge in [-0.1, -0.05) is 11.6 Å². The van der Waals surface area contributed by atoms with Crippen LogP contribution in [0.25, 0.3) is 0 Å². The predicted octanol–water partition coefficient (Wildman–Crippen LogP) is 1.94. The van der Waals surface area contributed by atoms with E-state index in [2.05, 4.69) is 5.32 Å². The highest BCUT2D eigenvalue weighted by atomic mass is 35.5. The number of hydrogen-bond donors (Lipinski definition) is 3. The Balaban J connectivity index is 2.57. The molecule has 1 aromatic carbocycles. The standard InChI is InChI=1S/C12H14ClNO5/c1-7(5-19-6-11(15)16)14-10-3-2-8(12(17)18)4-9(10)13/h2-4,7,14H,5-6H2,1H3,(H,15,16)(H,17,18). The van der Waals surface area contributed by atoms with E-state index in [1.807, 2.05) is 0 Å². The second-order valence-electron chi connectivity index (χ2n) is 3.95. The van der Waals surface area contributed by atoms with Crippen LogP contribution >= 0.6 is 11.6 Å². The Morgan fingerprint density at radius 2 is 2.11 bits per heavy atom. The van der Waals surface area contributed by atoms with Gasteiger partial charge in [0.25, 0.3) is 0 Å². The summed E-state index contributed by atoms with van der Waals surface area (Å²) in [5.41, 5.74) is 0.670. The number of carboxylic acids is 2. The van der Waals surface area contributed by atoms with Gasteiger partial charge in [-0.15, -0.1) is 0 Å². The molecule has 0 spiro atoms. The molecular weight excluding hydrogens is 274 g/mol. The molecular formula is C12H14ClNO5. The van der Waals surface area contributed by atoms with Crippen molar-refractivity contribution in [3.63, 3.8) is 0 Å². The van der Waals surface area contributed by atoms with Gasteiger partial charge in [0.15, 0.2) is 0 Å². The van der Waals surface area contributed by atoms with Crippen LogP contribution in [0.4, 0.5) is 5.69 Å². The van der Waals surface area contributed by atoms with Crippen molar-refractivity contribution in [2.75, 3.05) is 18.5 Å². The molecule has 0 aliphatic heterocycles. The van der Waals surface area contributed by atoms with Crippen molar-refractivity contribution in [3.05, 3.63) is 28.8 Å². The fourth-order valence-corrected chi connectivity index (χ4v) is 1.63. The Morgan fingerprint density at radius 1 is 1.42 bits per heavy atom. The van der Waals surface area contributed by atoms with Crippen molar-refractivity contribution in [1.82, 2.24) is 0 Å². The van der Waals surface area contributed by atoms with Crippen LogP contribution in [-0.4, -0.2) is 41.4 Å². The zero-order valence-corrected chi connectivity index (χ0v) is 11.0. The lowest BCUT2D eigenvalue weighted by molar-refractivity contribution is -0.142. The van der Waals surface area contributed by atoms with Crippen LogP contribution in [0.2, 0.25) is 5.02 Å². The molecule has 0 aliphatic rings. The monoisotopic (exact) mass is 287 g/mol. The molecule has 1 rings (SSSR count). The first-order valence-electron chi connectivity index (χ1n) is 5.49. The smallest absolute Gasteiger partial charge is 0.335 e. The Labute approximate surface area is 114 Å². The lowest BCUT2D eigenvalue weighted by Crippen LogP contribution is -2.23. The third kappa shape index (κ3) is 5.15. The predicted molar refractivity (Wildman–Crippen MR) is 70.0 cm³/mol. The van der Waals surface area contributed by atoms with Gasteiger partial charge in [0.1, 0.15) is 6.61 Å². The van der Waals surface area contributed by atoms with Crippen LogP contribution in [0.15, 0.2) is 18.2 Å². The number of benzene rings is 1. The maximum atomic E-state index is 10.7. The number of aromatic carboxylic acids is 1. The number of rotatable bonds is 7. The van der Waals surface area contributed by atoms with Crippen molar-refractivity contribution >= 4 is 29.2 Å². The van der Waals surface area contributed by atoms with Crippen molar-refractivity contribution in [3.8, 4) is 0 Å². The summed E-state index contributed by atoms with van der Waals surface area (Å²) in [5, 5.41) is 20.5. The Kier molecular flexibility index (Phi) is 5.59. The second kappa shape index (κ2) is 6.96. The van der Waals surface area contributed by atoms with E-state index in [9.17, 15) is 9.59 Å². The average molecular weight is 288 g/mol. The molecule has 0 bridgehead atoms. The van der Waals surface area contributed by atoms with E-state index in [4.69, 9.17) is 26.6 Å². The van der Waals surface area contributed by atoms with Gasteiger partial charge < -0.3 is 20.3 Å². The molecule has 0 fully saturated rings. The zero-order valence-electron chi connectivity index (χ0n) is 10.2. The van der Waals surface area contributed by atoms with Gasteiger partial charge in [-0.25, -0.2) is 9.59 Å². The Bertz CT molecular complexity index is 477. The van der Waals surface area contributed by atoms with Crippen LogP contribution in [-0.2, 0) is 9.53 Å². The van der Waals surface area contributed by atoms with E-state index in [-0.39, 0.29) is 29.8 Å². The summed E-state index contributed by atoms with van der Waals surface area (Å²) < 4.78 is 4.93. The van der Waals surface area contributed by atoms with Crippen molar-refractivity contribution in [2.24, 2.45) is 0 Å². The highest BCUT2D eigenvalue weighted by Gasteiger charge is 2.09. The molecule has 0 radical (unpaired) electrons. The van der Waals surface area contributed by atoms with E-state index >= 15 is 0 Å². The summed E-state index contributed by atoms with van der Waals surface area (Å²) in [5.74, 6) is -2.08. The number of nitrogens with one attached hydrogen (secondary N) is 1. The molecule has 0 saturated carbocycles. The Hall–Kier alpha value is -1.79. The maximum absolute atomic E-state index is 10.7. The minimum atomic E-state index is -1.05. The first kappa shape index (κ1) is 15.3. The summed E-state index contributed by atoms with van der Waals surface area (Å²) in [6.45, 7) is 1.63. The normalized spacial score (nSPS) is 11.9. The molecule has 0 saturated heterocycles. The molecule has 19 heavy (non-hydrogen) atoms. The van der Waals surface area contributed by atoms with Crippen molar-refractivity contribution < 1.29 is 24.5 Å². The number of carbonyl (C=O) groups is 2. The third-order valence-corrected chi connectivity index (χ3v) is 2.52. The number of hydrogen-bond acceptors (Lipinski definition) is 4. The number of carboxylic acid groups (broad SMARTS) is 2. The Morgan fingerprint density at radius 3 is 2.63 bits per heavy atom. The summed E-state index contributed by atoms with van der Waals surface area (Å²) in [7, 11) is 0. The van der Waals surface area contributed by atoms with Gasteiger partial charge in [-0.05, 0) is 25.1 Å². The topological polar surface area (TPSA) is 95.9 Å². The van der Waals surface area contributed by atoms with Crippen LogP contribution in [0.5, 0.6) is 0 Å². The van der Waals surface area contributed by atoms with Gasteiger partial charge in [-0.3, -0.25) is 0 Å². The van der Waals surface area contributed by atoms with Gasteiger partial charge in [0.05, 0.1) is 22.9 Å². The van der Waals surface area contributed by atoms with Gasteiger partial charge in [0, 0.05) is 6.04 Å². The summed E-state index contributed by atoms with van der Waals surface area (Å²) in [6.07, 6.45) is 0. The third-order valence-electron chi connectivity index (χ3n) is 2.21. The van der Waals surface area contributed by atoms with Gasteiger partial charge in [0.2, 0.25) is 0 Å². The second-order valence-corrected chi connectivity index (χ2v) is 4.36. The molecule has 0 aliphatic carbocycles. The minimum absolute atomic E-state index is 0.102. The first-order valence-corrected chi connectivity index (χ1v) is 5.87. The molecule has 0 amide bonds. The molecule has 3 N–H and O–H groups in total. The average Bonchev–Trinajstić information content (AvgIpc) is 2.31. The van der Waals surface area contributed by atoms with Crippen LogP contribution in [0.3, 0.4) is 0 Å². The highest BCUT2D eigenvalue weighted by molar-refractivity contribution is 6.33. The van der Waals surface area contributed by atoms with E-state index in [0.29, 0.717) is 5.69 Å². The van der Waals surface area contributed by atoms with Crippen LogP contribution in [0, 0.1) is 0 Å². The van der Waals surface area contributed by atoms with E-state index < -0.39 is 11.9 Å². The van der Waals surface area contributed by atoms with E-state index in [0.717, 1.165) is 0 Å². The van der Waals surface area contributed by atoms with Crippen LogP contribution < -0.4 is 5.32 Å². The first-order chi connectivity index (χ1) is 8.90. The lowest BCUT2D eigenvalue weighted by Gasteiger charge is -2.16. The van der Waals surface area contributed by atoms with Crippen molar-refractivity contribution in [1.29, 1.82) is 0 Å². The fraction of sp³-hybridized carbons (Fsp3) is 0.333. The molecule has 7 heteroatoms. The van der Waals surface area contributed by atoms with Gasteiger partial charge in [-0.2, -0.15) is 0 Å². The van der Waals surface area contributed by atoms with Crippen LogP contribution in [0.1, 0.15) is 17.3 Å². The number of aliphatic carboxylic acids is 1. The van der Waals surface area contributed by atoms with Gasteiger partial charge >= 0.3 is 11.9 Å². The largest absolute Gasteiger partial charge is 0.480 e. The molecule has 1 unspecified atom stereocenters. The summed E-state index contributed by atoms with van der Waals surface area (Å²) in [4.78, 5) is 21.0. The molecule has 1 atom stereocenters. The number of halogens is 1. The lowest BCUT2D eigenvalue weighted by atomic mass is 10.2. The van der Waals surface area contributed by atoms with E-state index in [1.165, 1.54) is 12.1 Å². The zero-order chi connectivity index (χ0) is 14.4. The van der Waals surface area contributed by atoms with E-state index in [1.54, 1.807) is 13.0 Å². The molecule has 0 aromatic heterocycles. The quantitative estimate of drug-likeness (QED) is 0.709. The minimum Gasteiger partial charge on any atom is -0.480 e. The van der Waals surface area contributed by atoms with Crippen molar-refractivity contribution in [2.45, 2.75) is 13.0 Å². The SMILES string of the molecule is CC(COCC(=O)O)Nc1ccc(C(=O)O)cc1Cl. The maximum Gasteiger partial charge on any atom is 0.335 e. The summed E-state index contributed by atoms with van der Waals surface area (Å²) in [6, 6.07) is 4.17. The highest BCUT2D eigenvalue weighted by Crippen LogP contribution is 2.23. The molecule has 0 heterocycles. The molecule has 1 aromatic rings. The number of ether oxygens (including phenoxy) is 1.